The maximum Gasteiger partial charge on any atom is 0.0732 e. The Morgan fingerprint density at radius 2 is 0.651 bits per heavy atom. The lowest BCUT2D eigenvalue weighted by Crippen LogP contribution is -2.26. The number of para-hydroxylation sites is 2. The van der Waals surface area contributed by atoms with Gasteiger partial charge >= 0.3 is 0 Å². The standard InChI is InChI=1S/C81H54N2/c1-7-25-55(26-8-1)59-43-47-65(57-29-11-3-12-30-57)76(52-59)82(62-33-15-5-16-34-62)64-46-50-67-61(51-64)45-49-72-79-71-40-20-19-39-70(71)78(54-75(79)81(80(67)72)73-41-23-21-37-68(73)69-38-22-24-42-74(69)81)83(63-35-17-6-18-36-63)77-53-60(56-27-9-2-10-28-56)44-48-66(77)58-31-13-4-14-32-58/h1-54H. The molecule has 2 heteroatoms. The van der Waals surface area contributed by atoms with Crippen molar-refractivity contribution in [2.75, 3.05) is 9.80 Å². The van der Waals surface area contributed by atoms with E-state index < -0.39 is 5.41 Å². The van der Waals surface area contributed by atoms with Crippen molar-refractivity contribution in [1.29, 1.82) is 0 Å². The smallest absolute Gasteiger partial charge is 0.0732 e. The Kier molecular flexibility index (Phi) is 11.5. The summed E-state index contributed by atoms with van der Waals surface area (Å²) in [4.78, 5) is 5.00. The van der Waals surface area contributed by atoms with Crippen LogP contribution in [0.5, 0.6) is 0 Å². The molecule has 14 aromatic carbocycles. The fourth-order valence-corrected chi connectivity index (χ4v) is 13.9. The van der Waals surface area contributed by atoms with E-state index in [9.17, 15) is 0 Å². The van der Waals surface area contributed by atoms with Gasteiger partial charge in [-0.25, -0.2) is 0 Å². The van der Waals surface area contributed by atoms with Gasteiger partial charge in [0.25, 0.3) is 0 Å². The molecule has 0 bridgehead atoms. The summed E-state index contributed by atoms with van der Waals surface area (Å²) >= 11 is 0. The minimum atomic E-state index is -0.683. The Balaban J connectivity index is 0.976. The molecule has 83 heavy (non-hydrogen) atoms. The van der Waals surface area contributed by atoms with E-state index in [0.29, 0.717) is 0 Å². The van der Waals surface area contributed by atoms with Gasteiger partial charge in [-0.2, -0.15) is 0 Å². The summed E-state index contributed by atoms with van der Waals surface area (Å²) in [5.41, 5.74) is 25.5. The van der Waals surface area contributed by atoms with Crippen molar-refractivity contribution in [2.45, 2.75) is 5.41 Å². The molecule has 2 aliphatic carbocycles. The highest BCUT2D eigenvalue weighted by Crippen LogP contribution is 2.66. The van der Waals surface area contributed by atoms with Gasteiger partial charge in [0.05, 0.1) is 22.5 Å². The third-order valence-electron chi connectivity index (χ3n) is 17.4. The minimum Gasteiger partial charge on any atom is -0.310 e. The number of fused-ring (bicyclic) bond motifs is 14. The molecule has 0 atom stereocenters. The highest BCUT2D eigenvalue weighted by atomic mass is 15.2. The van der Waals surface area contributed by atoms with E-state index in [2.05, 4.69) is 337 Å². The molecule has 0 N–H and O–H groups in total. The Bertz CT molecular complexity index is 4720. The Hall–Kier alpha value is -10.8. The summed E-state index contributed by atoms with van der Waals surface area (Å²) < 4.78 is 0. The van der Waals surface area contributed by atoms with E-state index in [1.54, 1.807) is 0 Å². The number of hydrogen-bond donors (Lipinski definition) is 0. The van der Waals surface area contributed by atoms with Crippen LogP contribution in [0, 0.1) is 0 Å². The van der Waals surface area contributed by atoms with Crippen molar-refractivity contribution >= 4 is 55.7 Å². The van der Waals surface area contributed by atoms with Gasteiger partial charge in [-0.15, -0.1) is 0 Å². The maximum absolute atomic E-state index is 2.58. The van der Waals surface area contributed by atoms with Crippen molar-refractivity contribution in [3.05, 3.63) is 350 Å². The molecular formula is C81H54N2. The van der Waals surface area contributed by atoms with Crippen molar-refractivity contribution in [2.24, 2.45) is 0 Å². The summed E-state index contributed by atoms with van der Waals surface area (Å²) in [6, 6.07) is 121. The Morgan fingerprint density at radius 1 is 0.217 bits per heavy atom. The summed E-state index contributed by atoms with van der Waals surface area (Å²) in [5, 5.41) is 4.81. The minimum absolute atomic E-state index is 0.683. The number of rotatable bonds is 10. The molecule has 0 amide bonds. The molecule has 14 aromatic rings. The van der Waals surface area contributed by atoms with Crippen LogP contribution in [0.25, 0.3) is 88.3 Å². The van der Waals surface area contributed by atoms with Crippen molar-refractivity contribution in [3.63, 3.8) is 0 Å². The summed E-state index contributed by atoms with van der Waals surface area (Å²) in [6.07, 6.45) is 0. The topological polar surface area (TPSA) is 6.48 Å². The van der Waals surface area contributed by atoms with Crippen molar-refractivity contribution < 1.29 is 0 Å². The van der Waals surface area contributed by atoms with Gasteiger partial charge in [0.2, 0.25) is 0 Å². The van der Waals surface area contributed by atoms with E-state index in [1.807, 2.05) is 0 Å². The number of hydrogen-bond acceptors (Lipinski definition) is 2. The second-order valence-electron chi connectivity index (χ2n) is 21.9. The second kappa shape index (κ2) is 19.8. The summed E-state index contributed by atoms with van der Waals surface area (Å²) in [7, 11) is 0. The normalized spacial score (nSPS) is 12.4. The molecule has 2 aliphatic rings. The molecule has 0 aliphatic heterocycles. The van der Waals surface area contributed by atoms with Gasteiger partial charge in [-0.1, -0.05) is 273 Å². The zero-order chi connectivity index (χ0) is 54.8. The predicted molar refractivity (Wildman–Crippen MR) is 349 cm³/mol. The van der Waals surface area contributed by atoms with Crippen LogP contribution in [-0.2, 0) is 5.41 Å². The van der Waals surface area contributed by atoms with Crippen molar-refractivity contribution in [3.8, 4) is 66.8 Å². The quantitative estimate of drug-likeness (QED) is 0.135. The van der Waals surface area contributed by atoms with Crippen LogP contribution in [0.2, 0.25) is 0 Å². The molecule has 0 fully saturated rings. The molecule has 0 aromatic heterocycles. The lowest BCUT2D eigenvalue weighted by Gasteiger charge is -2.34. The van der Waals surface area contributed by atoms with Gasteiger partial charge in [-0.05, 0) is 149 Å². The van der Waals surface area contributed by atoms with Crippen LogP contribution >= 0.6 is 0 Å². The molecule has 1 spiro atoms. The molecule has 0 saturated heterocycles. The lowest BCUT2D eigenvalue weighted by atomic mass is 9.69. The van der Waals surface area contributed by atoms with Gasteiger partial charge in [0.1, 0.15) is 0 Å². The van der Waals surface area contributed by atoms with E-state index >= 15 is 0 Å². The molecular weight excluding hydrogens is 1000 g/mol. The first-order chi connectivity index (χ1) is 41.2. The zero-order valence-electron chi connectivity index (χ0n) is 45.6. The molecule has 0 heterocycles. The molecule has 0 radical (unpaired) electrons. The highest BCUT2D eigenvalue weighted by molar-refractivity contribution is 6.15. The lowest BCUT2D eigenvalue weighted by molar-refractivity contribution is 0.802. The van der Waals surface area contributed by atoms with Gasteiger partial charge < -0.3 is 9.80 Å². The molecule has 0 saturated carbocycles. The second-order valence-corrected chi connectivity index (χ2v) is 21.9. The Morgan fingerprint density at radius 3 is 1.19 bits per heavy atom. The average molecular weight is 1060 g/mol. The SMILES string of the molecule is c1ccc(-c2ccc(-c3ccccc3)c(N(c3ccccc3)c3ccc4c5c(ccc4c3)-c3c(cc(N(c4ccccc4)c4cc(-c6ccccc6)ccc4-c4ccccc4)c4ccccc34)C53c4ccccc4-c4ccccc43)c2)cc1. The van der Waals surface area contributed by atoms with Gasteiger partial charge in [0, 0.05) is 33.6 Å². The van der Waals surface area contributed by atoms with Gasteiger partial charge in [-0.3, -0.25) is 0 Å². The van der Waals surface area contributed by atoms with E-state index in [-0.39, 0.29) is 0 Å². The van der Waals surface area contributed by atoms with Crippen molar-refractivity contribution in [1.82, 2.24) is 0 Å². The van der Waals surface area contributed by atoms with E-state index in [0.717, 1.165) is 67.5 Å². The fourth-order valence-electron chi connectivity index (χ4n) is 13.9. The number of benzene rings is 14. The van der Waals surface area contributed by atoms with Crippen LogP contribution in [0.15, 0.2) is 328 Å². The molecule has 388 valence electrons. The third kappa shape index (κ3) is 7.72. The fraction of sp³-hybridized carbons (Fsp3) is 0.0123. The third-order valence-corrected chi connectivity index (χ3v) is 17.4. The highest BCUT2D eigenvalue weighted by Gasteiger charge is 2.53. The van der Waals surface area contributed by atoms with Crippen LogP contribution in [0.4, 0.5) is 34.1 Å². The van der Waals surface area contributed by atoms with E-state index in [4.69, 9.17) is 0 Å². The Labute approximate surface area is 484 Å². The average Bonchev–Trinajstić information content (AvgIpc) is 1.54. The van der Waals surface area contributed by atoms with Gasteiger partial charge in [0.15, 0.2) is 0 Å². The van der Waals surface area contributed by atoms with E-state index in [1.165, 1.54) is 77.2 Å². The number of anilines is 6. The monoisotopic (exact) mass is 1050 g/mol. The van der Waals surface area contributed by atoms with Crippen LogP contribution < -0.4 is 9.80 Å². The predicted octanol–water partition coefficient (Wildman–Crippen LogP) is 21.9. The largest absolute Gasteiger partial charge is 0.310 e. The summed E-state index contributed by atoms with van der Waals surface area (Å²) in [5.74, 6) is 0. The zero-order valence-corrected chi connectivity index (χ0v) is 45.6. The maximum atomic E-state index is 2.58. The first-order valence-electron chi connectivity index (χ1n) is 28.7. The van der Waals surface area contributed by atoms with Crippen LogP contribution in [0.3, 0.4) is 0 Å². The number of nitrogens with zero attached hydrogens (tertiary/aromatic N) is 2. The molecule has 16 rings (SSSR count). The first-order valence-corrected chi connectivity index (χ1v) is 28.7. The first kappa shape index (κ1) is 48.1. The van der Waals surface area contributed by atoms with Crippen LogP contribution in [0.1, 0.15) is 22.3 Å². The summed E-state index contributed by atoms with van der Waals surface area (Å²) in [6.45, 7) is 0. The van der Waals surface area contributed by atoms with Crippen LogP contribution in [-0.4, -0.2) is 0 Å². The molecule has 2 nitrogen and oxygen atoms in total. The molecule has 0 unspecified atom stereocenters.